The molecule has 0 radical (unpaired) electrons. The molecule has 0 aliphatic rings. The number of nitrogen functional groups attached to an aromatic ring is 1. The van der Waals surface area contributed by atoms with E-state index in [2.05, 4.69) is 0 Å². The maximum Gasteiger partial charge on any atom is 0.135 e. The summed E-state index contributed by atoms with van der Waals surface area (Å²) in [5.74, 6) is 0.801. The summed E-state index contributed by atoms with van der Waals surface area (Å²) < 4.78 is 5.75. The summed E-state index contributed by atoms with van der Waals surface area (Å²) in [4.78, 5) is 0. The SMILES string of the molecule is Nc1cccc(-c2cc3cc(Cl)ccc3o2)c1. The van der Waals surface area contributed by atoms with E-state index in [1.165, 1.54) is 0 Å². The van der Waals surface area contributed by atoms with Crippen LogP contribution in [0.15, 0.2) is 52.9 Å². The highest BCUT2D eigenvalue weighted by Crippen LogP contribution is 2.30. The van der Waals surface area contributed by atoms with Crippen molar-refractivity contribution in [2.24, 2.45) is 0 Å². The van der Waals surface area contributed by atoms with Crippen LogP contribution in [0, 0.1) is 0 Å². The quantitative estimate of drug-likeness (QED) is 0.646. The summed E-state index contributed by atoms with van der Waals surface area (Å²) in [6.45, 7) is 0. The van der Waals surface area contributed by atoms with Gasteiger partial charge in [-0.3, -0.25) is 0 Å². The molecule has 3 aromatic rings. The fourth-order valence-corrected chi connectivity index (χ4v) is 2.03. The van der Waals surface area contributed by atoms with Crippen molar-refractivity contribution in [3.63, 3.8) is 0 Å². The summed E-state index contributed by atoms with van der Waals surface area (Å²) in [5, 5.41) is 1.70. The highest BCUT2D eigenvalue weighted by atomic mass is 35.5. The molecule has 3 heteroatoms. The Kier molecular flexibility index (Phi) is 2.30. The van der Waals surface area contributed by atoms with Gasteiger partial charge in [0, 0.05) is 21.7 Å². The van der Waals surface area contributed by atoms with E-state index in [1.807, 2.05) is 48.5 Å². The highest BCUT2D eigenvalue weighted by Gasteiger charge is 2.06. The lowest BCUT2D eigenvalue weighted by Crippen LogP contribution is -1.83. The Hall–Kier alpha value is -1.93. The van der Waals surface area contributed by atoms with E-state index >= 15 is 0 Å². The van der Waals surface area contributed by atoms with Gasteiger partial charge in [-0.15, -0.1) is 0 Å². The smallest absolute Gasteiger partial charge is 0.135 e. The average molecular weight is 244 g/mol. The molecule has 0 bridgehead atoms. The molecule has 84 valence electrons. The average Bonchev–Trinajstić information content (AvgIpc) is 2.72. The minimum absolute atomic E-state index is 0.706. The van der Waals surface area contributed by atoms with Crippen LogP contribution in [0.3, 0.4) is 0 Å². The van der Waals surface area contributed by atoms with Gasteiger partial charge in [-0.25, -0.2) is 0 Å². The Morgan fingerprint density at radius 1 is 1.00 bits per heavy atom. The molecule has 0 aliphatic carbocycles. The van der Waals surface area contributed by atoms with Gasteiger partial charge in [0.2, 0.25) is 0 Å². The number of rotatable bonds is 1. The molecule has 2 N–H and O–H groups in total. The van der Waals surface area contributed by atoms with E-state index in [0.717, 1.165) is 28.0 Å². The third-order valence-corrected chi connectivity index (χ3v) is 2.88. The van der Waals surface area contributed by atoms with Gasteiger partial charge in [0.15, 0.2) is 0 Å². The lowest BCUT2D eigenvalue weighted by Gasteiger charge is -1.97. The lowest BCUT2D eigenvalue weighted by molar-refractivity contribution is 0.631. The molecule has 0 aliphatic heterocycles. The van der Waals surface area contributed by atoms with Gasteiger partial charge in [-0.2, -0.15) is 0 Å². The molecule has 0 amide bonds. The van der Waals surface area contributed by atoms with Crippen LogP contribution >= 0.6 is 11.6 Å². The molecule has 3 rings (SSSR count). The number of fused-ring (bicyclic) bond motifs is 1. The van der Waals surface area contributed by atoms with E-state index in [1.54, 1.807) is 0 Å². The van der Waals surface area contributed by atoms with Crippen molar-refractivity contribution in [1.29, 1.82) is 0 Å². The monoisotopic (exact) mass is 243 g/mol. The minimum Gasteiger partial charge on any atom is -0.456 e. The van der Waals surface area contributed by atoms with E-state index in [9.17, 15) is 0 Å². The molecule has 0 saturated heterocycles. The van der Waals surface area contributed by atoms with Crippen LogP contribution in [0.25, 0.3) is 22.3 Å². The molecule has 2 aromatic carbocycles. The summed E-state index contributed by atoms with van der Waals surface area (Å²) in [6.07, 6.45) is 0. The Morgan fingerprint density at radius 3 is 2.71 bits per heavy atom. The Balaban J connectivity index is 2.18. The predicted octanol–water partition coefficient (Wildman–Crippen LogP) is 4.34. The van der Waals surface area contributed by atoms with E-state index in [-0.39, 0.29) is 0 Å². The molecule has 2 nitrogen and oxygen atoms in total. The molecule has 0 fully saturated rings. The van der Waals surface area contributed by atoms with Crippen molar-refractivity contribution in [1.82, 2.24) is 0 Å². The van der Waals surface area contributed by atoms with Crippen LogP contribution in [-0.2, 0) is 0 Å². The van der Waals surface area contributed by atoms with E-state index in [0.29, 0.717) is 5.02 Å². The fraction of sp³-hybridized carbons (Fsp3) is 0. The van der Waals surface area contributed by atoms with Gasteiger partial charge in [0.1, 0.15) is 11.3 Å². The van der Waals surface area contributed by atoms with Crippen molar-refractivity contribution >= 4 is 28.3 Å². The molecule has 0 saturated carbocycles. The number of hydrogen-bond donors (Lipinski definition) is 1. The van der Waals surface area contributed by atoms with Crippen LogP contribution < -0.4 is 5.73 Å². The van der Waals surface area contributed by atoms with Crippen LogP contribution in [0.4, 0.5) is 5.69 Å². The molecular formula is C14H10ClNO. The first-order valence-corrected chi connectivity index (χ1v) is 5.65. The third-order valence-electron chi connectivity index (χ3n) is 2.65. The Bertz CT molecular complexity index is 688. The van der Waals surface area contributed by atoms with Gasteiger partial charge < -0.3 is 10.2 Å². The number of anilines is 1. The number of halogens is 1. The van der Waals surface area contributed by atoms with Crippen LogP contribution in [0.2, 0.25) is 5.02 Å². The zero-order valence-electron chi connectivity index (χ0n) is 8.98. The second kappa shape index (κ2) is 3.82. The Morgan fingerprint density at radius 2 is 1.88 bits per heavy atom. The second-order valence-electron chi connectivity index (χ2n) is 3.92. The van der Waals surface area contributed by atoms with Crippen LogP contribution in [0.1, 0.15) is 0 Å². The molecule has 0 atom stereocenters. The molecule has 17 heavy (non-hydrogen) atoms. The molecule has 1 aromatic heterocycles. The van der Waals surface area contributed by atoms with Gasteiger partial charge in [-0.05, 0) is 36.4 Å². The minimum atomic E-state index is 0.706. The molecule has 0 spiro atoms. The standard InChI is InChI=1S/C14H10ClNO/c15-11-4-5-13-10(6-11)8-14(17-13)9-2-1-3-12(16)7-9/h1-8H,16H2. The number of benzene rings is 2. The summed E-state index contributed by atoms with van der Waals surface area (Å²) >= 11 is 5.94. The summed E-state index contributed by atoms with van der Waals surface area (Å²) in [5.41, 5.74) is 8.27. The van der Waals surface area contributed by atoms with Crippen LogP contribution in [0.5, 0.6) is 0 Å². The normalized spacial score (nSPS) is 10.9. The highest BCUT2D eigenvalue weighted by molar-refractivity contribution is 6.31. The van der Waals surface area contributed by atoms with Gasteiger partial charge >= 0.3 is 0 Å². The largest absolute Gasteiger partial charge is 0.456 e. The second-order valence-corrected chi connectivity index (χ2v) is 4.35. The van der Waals surface area contributed by atoms with E-state index in [4.69, 9.17) is 21.8 Å². The maximum atomic E-state index is 5.94. The van der Waals surface area contributed by atoms with Gasteiger partial charge in [-0.1, -0.05) is 23.7 Å². The summed E-state index contributed by atoms with van der Waals surface area (Å²) in [6, 6.07) is 15.2. The molecule has 0 unspecified atom stereocenters. The number of hydrogen-bond acceptors (Lipinski definition) is 2. The number of furan rings is 1. The predicted molar refractivity (Wildman–Crippen MR) is 71.1 cm³/mol. The zero-order chi connectivity index (χ0) is 11.8. The van der Waals surface area contributed by atoms with Gasteiger partial charge in [0.25, 0.3) is 0 Å². The number of nitrogens with two attached hydrogens (primary N) is 1. The van der Waals surface area contributed by atoms with Crippen LogP contribution in [-0.4, -0.2) is 0 Å². The van der Waals surface area contributed by atoms with Crippen molar-refractivity contribution in [2.75, 3.05) is 5.73 Å². The zero-order valence-corrected chi connectivity index (χ0v) is 9.74. The molecular weight excluding hydrogens is 234 g/mol. The first kappa shape index (κ1) is 10.2. The first-order valence-electron chi connectivity index (χ1n) is 5.27. The van der Waals surface area contributed by atoms with Crippen molar-refractivity contribution in [3.05, 3.63) is 53.6 Å². The van der Waals surface area contributed by atoms with Crippen molar-refractivity contribution in [3.8, 4) is 11.3 Å². The fourth-order valence-electron chi connectivity index (χ4n) is 1.85. The van der Waals surface area contributed by atoms with E-state index < -0.39 is 0 Å². The molecule has 1 heterocycles. The lowest BCUT2D eigenvalue weighted by atomic mass is 10.1. The summed E-state index contributed by atoms with van der Waals surface area (Å²) in [7, 11) is 0. The third kappa shape index (κ3) is 1.87. The topological polar surface area (TPSA) is 39.2 Å². The van der Waals surface area contributed by atoms with Gasteiger partial charge in [0.05, 0.1) is 0 Å². The first-order chi connectivity index (χ1) is 8.22. The Labute approximate surface area is 104 Å². The van der Waals surface area contributed by atoms with Crippen molar-refractivity contribution < 1.29 is 4.42 Å². The van der Waals surface area contributed by atoms with Crippen molar-refractivity contribution in [2.45, 2.75) is 0 Å². The maximum absolute atomic E-state index is 5.94.